The number of hydrogen-bond acceptors (Lipinski definition) is 5. The van der Waals surface area contributed by atoms with Crippen LogP contribution in [0.3, 0.4) is 0 Å². The quantitative estimate of drug-likeness (QED) is 0.751. The maximum absolute atomic E-state index is 12.5. The van der Waals surface area contributed by atoms with Crippen LogP contribution >= 0.6 is 0 Å². The van der Waals surface area contributed by atoms with Crippen molar-refractivity contribution < 1.29 is 17.6 Å². The molecule has 104 valence electrons. The standard InChI is InChI=1S/C11H8F3N5O/c12-11(13,14)7-2-1-6(20-7)3-5-4-8(15)16-10-9(5)17-19-18-10/h1-2,4H,3H2,(H3,15,16,17,18,19). The topological polar surface area (TPSA) is 93.6 Å². The van der Waals surface area contributed by atoms with E-state index in [9.17, 15) is 13.2 Å². The first-order valence-electron chi connectivity index (χ1n) is 5.55. The van der Waals surface area contributed by atoms with E-state index in [0.29, 0.717) is 16.7 Å². The third-order valence-electron chi connectivity index (χ3n) is 2.70. The summed E-state index contributed by atoms with van der Waals surface area (Å²) >= 11 is 0. The van der Waals surface area contributed by atoms with Crippen LogP contribution in [0.25, 0.3) is 11.2 Å². The normalized spacial score (nSPS) is 12.2. The predicted molar refractivity (Wildman–Crippen MR) is 62.6 cm³/mol. The fraction of sp³-hybridized carbons (Fsp3) is 0.182. The Hall–Kier alpha value is -2.58. The predicted octanol–water partition coefficient (Wildman–Crippen LogP) is 2.14. The maximum Gasteiger partial charge on any atom is 0.449 e. The lowest BCUT2D eigenvalue weighted by molar-refractivity contribution is -0.153. The molecule has 0 aliphatic heterocycles. The molecule has 3 aromatic heterocycles. The van der Waals surface area contributed by atoms with Gasteiger partial charge >= 0.3 is 6.18 Å². The Kier molecular flexibility index (Phi) is 2.63. The molecular weight excluding hydrogens is 275 g/mol. The average Bonchev–Trinajstić information content (AvgIpc) is 2.95. The number of rotatable bonds is 2. The minimum Gasteiger partial charge on any atom is -0.456 e. The van der Waals surface area contributed by atoms with Crippen molar-refractivity contribution in [2.45, 2.75) is 12.6 Å². The molecule has 0 amide bonds. The summed E-state index contributed by atoms with van der Waals surface area (Å²) in [4.78, 5) is 3.94. The van der Waals surface area contributed by atoms with E-state index >= 15 is 0 Å². The van der Waals surface area contributed by atoms with Crippen molar-refractivity contribution in [3.63, 3.8) is 0 Å². The summed E-state index contributed by atoms with van der Waals surface area (Å²) < 4.78 is 42.1. The fourth-order valence-corrected chi connectivity index (χ4v) is 1.87. The lowest BCUT2D eigenvalue weighted by atomic mass is 10.1. The first-order valence-corrected chi connectivity index (χ1v) is 5.55. The van der Waals surface area contributed by atoms with Gasteiger partial charge in [0.05, 0.1) is 0 Å². The monoisotopic (exact) mass is 283 g/mol. The van der Waals surface area contributed by atoms with Crippen molar-refractivity contribution in [2.24, 2.45) is 0 Å². The number of H-pyrrole nitrogens is 1. The van der Waals surface area contributed by atoms with E-state index in [4.69, 9.17) is 10.2 Å². The summed E-state index contributed by atoms with van der Waals surface area (Å²) in [7, 11) is 0. The van der Waals surface area contributed by atoms with Gasteiger partial charge in [-0.05, 0) is 23.8 Å². The molecule has 0 radical (unpaired) electrons. The third-order valence-corrected chi connectivity index (χ3v) is 2.70. The van der Waals surface area contributed by atoms with Crippen molar-refractivity contribution in [3.8, 4) is 0 Å². The number of alkyl halides is 3. The Labute approximate surface area is 109 Å². The van der Waals surface area contributed by atoms with Crippen LogP contribution in [0.1, 0.15) is 17.1 Å². The van der Waals surface area contributed by atoms with Crippen LogP contribution in [0.4, 0.5) is 19.0 Å². The first-order chi connectivity index (χ1) is 9.43. The van der Waals surface area contributed by atoms with Gasteiger partial charge in [0.1, 0.15) is 17.1 Å². The van der Waals surface area contributed by atoms with Crippen LogP contribution in [0.2, 0.25) is 0 Å². The number of pyridine rings is 1. The highest BCUT2D eigenvalue weighted by molar-refractivity contribution is 5.75. The smallest absolute Gasteiger partial charge is 0.449 e. The van der Waals surface area contributed by atoms with Gasteiger partial charge in [-0.25, -0.2) is 4.98 Å². The molecule has 6 nitrogen and oxygen atoms in total. The van der Waals surface area contributed by atoms with Crippen molar-refractivity contribution in [2.75, 3.05) is 5.73 Å². The van der Waals surface area contributed by atoms with Gasteiger partial charge in [-0.3, -0.25) is 0 Å². The Balaban J connectivity index is 1.97. The van der Waals surface area contributed by atoms with Gasteiger partial charge in [-0.15, -0.1) is 5.10 Å². The summed E-state index contributed by atoms with van der Waals surface area (Å²) in [6, 6.07) is 3.69. The van der Waals surface area contributed by atoms with E-state index < -0.39 is 11.9 Å². The van der Waals surface area contributed by atoms with E-state index in [0.717, 1.165) is 6.07 Å². The van der Waals surface area contributed by atoms with E-state index in [-0.39, 0.29) is 18.0 Å². The van der Waals surface area contributed by atoms with Gasteiger partial charge in [0, 0.05) is 6.42 Å². The SMILES string of the molecule is Nc1cc(Cc2ccc(C(F)(F)F)o2)c2n[nH]nc2n1. The number of nitrogens with two attached hydrogens (primary N) is 1. The minimum absolute atomic E-state index is 0.117. The maximum atomic E-state index is 12.5. The molecule has 0 spiro atoms. The molecule has 3 heterocycles. The zero-order valence-electron chi connectivity index (χ0n) is 9.90. The van der Waals surface area contributed by atoms with Crippen LogP contribution < -0.4 is 5.73 Å². The molecule has 0 saturated carbocycles. The molecule has 0 aromatic carbocycles. The van der Waals surface area contributed by atoms with Crippen LogP contribution in [-0.2, 0) is 12.6 Å². The van der Waals surface area contributed by atoms with E-state index in [2.05, 4.69) is 20.4 Å². The van der Waals surface area contributed by atoms with Gasteiger partial charge in [0.25, 0.3) is 0 Å². The second-order valence-corrected chi connectivity index (χ2v) is 4.14. The van der Waals surface area contributed by atoms with Crippen LogP contribution in [0, 0.1) is 0 Å². The highest BCUT2D eigenvalue weighted by Crippen LogP contribution is 2.31. The highest BCUT2D eigenvalue weighted by Gasteiger charge is 2.34. The Morgan fingerprint density at radius 2 is 2.05 bits per heavy atom. The summed E-state index contributed by atoms with van der Waals surface area (Å²) in [5.41, 5.74) is 6.95. The van der Waals surface area contributed by atoms with Crippen LogP contribution in [-0.4, -0.2) is 20.4 Å². The second-order valence-electron chi connectivity index (χ2n) is 4.14. The lowest BCUT2D eigenvalue weighted by Gasteiger charge is -2.02. The lowest BCUT2D eigenvalue weighted by Crippen LogP contribution is -2.02. The molecular formula is C11H8F3N5O. The summed E-state index contributed by atoms with van der Waals surface area (Å²) in [5, 5.41) is 10.1. The van der Waals surface area contributed by atoms with Gasteiger partial charge in [0.15, 0.2) is 0 Å². The number of nitrogen functional groups attached to an aromatic ring is 1. The Morgan fingerprint density at radius 3 is 2.75 bits per heavy atom. The highest BCUT2D eigenvalue weighted by atomic mass is 19.4. The van der Waals surface area contributed by atoms with Gasteiger partial charge < -0.3 is 10.2 Å². The molecule has 9 heteroatoms. The second kappa shape index (κ2) is 4.22. The molecule has 0 unspecified atom stereocenters. The van der Waals surface area contributed by atoms with E-state index in [1.165, 1.54) is 12.1 Å². The number of fused-ring (bicyclic) bond motifs is 1. The molecule has 20 heavy (non-hydrogen) atoms. The summed E-state index contributed by atoms with van der Waals surface area (Å²) in [6.07, 6.45) is -4.38. The molecule has 3 aromatic rings. The first kappa shape index (κ1) is 12.5. The van der Waals surface area contributed by atoms with E-state index in [1.54, 1.807) is 0 Å². The summed E-state index contributed by atoms with van der Waals surface area (Å²) in [6.45, 7) is 0. The van der Waals surface area contributed by atoms with Crippen molar-refractivity contribution >= 4 is 17.0 Å². The molecule has 3 N–H and O–H groups in total. The van der Waals surface area contributed by atoms with Gasteiger partial charge in [0.2, 0.25) is 11.4 Å². The zero-order valence-corrected chi connectivity index (χ0v) is 9.90. The van der Waals surface area contributed by atoms with Crippen molar-refractivity contribution in [3.05, 3.63) is 35.3 Å². The number of aromatic nitrogens is 4. The fourth-order valence-electron chi connectivity index (χ4n) is 1.87. The van der Waals surface area contributed by atoms with Crippen molar-refractivity contribution in [1.29, 1.82) is 0 Å². The van der Waals surface area contributed by atoms with Gasteiger partial charge in [-0.2, -0.15) is 23.5 Å². The Morgan fingerprint density at radius 1 is 1.25 bits per heavy atom. The zero-order chi connectivity index (χ0) is 14.3. The molecule has 0 saturated heterocycles. The molecule has 0 aliphatic carbocycles. The number of hydrogen-bond donors (Lipinski definition) is 2. The number of nitrogens with zero attached hydrogens (tertiary/aromatic N) is 3. The third kappa shape index (κ3) is 2.17. The van der Waals surface area contributed by atoms with E-state index in [1.807, 2.05) is 0 Å². The van der Waals surface area contributed by atoms with Crippen LogP contribution in [0.15, 0.2) is 22.6 Å². The molecule has 0 aliphatic rings. The van der Waals surface area contributed by atoms with Crippen LogP contribution in [0.5, 0.6) is 0 Å². The molecule has 0 fully saturated rings. The molecule has 0 atom stereocenters. The number of furan rings is 1. The van der Waals surface area contributed by atoms with Crippen molar-refractivity contribution in [1.82, 2.24) is 20.4 Å². The largest absolute Gasteiger partial charge is 0.456 e. The molecule has 3 rings (SSSR count). The number of halogens is 3. The summed E-state index contributed by atoms with van der Waals surface area (Å²) in [5.74, 6) is -0.665. The number of aromatic amines is 1. The Bertz CT molecular complexity index is 761. The number of anilines is 1. The average molecular weight is 283 g/mol. The van der Waals surface area contributed by atoms with Gasteiger partial charge in [-0.1, -0.05) is 0 Å². The minimum atomic E-state index is -4.50. The molecule has 0 bridgehead atoms. The number of nitrogens with one attached hydrogen (secondary N) is 1.